The molecule has 1 saturated heterocycles. The number of thioether (sulfide) groups is 1. The van der Waals surface area contributed by atoms with Gasteiger partial charge in [0.05, 0.1) is 19.0 Å². The number of aromatic nitrogens is 3. The zero-order valence-corrected chi connectivity index (χ0v) is 21.6. The Morgan fingerprint density at radius 2 is 1.77 bits per heavy atom. The lowest BCUT2D eigenvalue weighted by atomic mass is 10.1. The molecule has 0 bridgehead atoms. The molecule has 0 aliphatic carbocycles. The topological polar surface area (TPSA) is 77.1 Å². The van der Waals surface area contributed by atoms with E-state index < -0.39 is 6.36 Å². The van der Waals surface area contributed by atoms with E-state index in [1.807, 2.05) is 48.5 Å². The van der Waals surface area contributed by atoms with Crippen LogP contribution in [0.3, 0.4) is 0 Å². The molecule has 0 saturated carbocycles. The minimum absolute atomic E-state index is 0.302. The summed E-state index contributed by atoms with van der Waals surface area (Å²) in [4.78, 5) is 6.45. The van der Waals surface area contributed by atoms with Crippen LogP contribution in [0.4, 0.5) is 18.9 Å². The average Bonchev–Trinajstić information content (AvgIpc) is 3.44. The molecule has 1 aliphatic heterocycles. The zero-order chi connectivity index (χ0) is 27.2. The number of hydrogen-bond donors (Lipinski definition) is 0. The second kappa shape index (κ2) is 11.6. The van der Waals surface area contributed by atoms with E-state index in [2.05, 4.69) is 29.9 Å². The van der Waals surface area contributed by atoms with E-state index in [9.17, 15) is 13.2 Å². The smallest absolute Gasteiger partial charge is 0.497 e. The van der Waals surface area contributed by atoms with Crippen LogP contribution in [0.25, 0.3) is 17.1 Å². The molecular weight excluding hydrogens is 529 g/mol. The molecule has 1 aliphatic rings. The number of amidine groups is 1. The Hall–Kier alpha value is -4.32. The van der Waals surface area contributed by atoms with Gasteiger partial charge >= 0.3 is 6.36 Å². The van der Waals surface area contributed by atoms with Gasteiger partial charge in [-0.25, -0.2) is 9.67 Å². The van der Waals surface area contributed by atoms with Gasteiger partial charge in [0, 0.05) is 29.6 Å². The molecular formula is C27H23F3N6O2S. The van der Waals surface area contributed by atoms with Gasteiger partial charge in [-0.05, 0) is 48.4 Å². The van der Waals surface area contributed by atoms with Gasteiger partial charge in [0.1, 0.15) is 17.8 Å². The molecule has 39 heavy (non-hydrogen) atoms. The quantitative estimate of drug-likeness (QED) is 0.202. The first kappa shape index (κ1) is 26.3. The highest BCUT2D eigenvalue weighted by atomic mass is 32.2. The van der Waals surface area contributed by atoms with E-state index in [0.717, 1.165) is 46.4 Å². The fourth-order valence-corrected chi connectivity index (χ4v) is 4.76. The Bertz CT molecular complexity index is 1470. The lowest BCUT2D eigenvalue weighted by molar-refractivity contribution is -0.274. The van der Waals surface area contributed by atoms with Gasteiger partial charge in [0.25, 0.3) is 0 Å². The summed E-state index contributed by atoms with van der Waals surface area (Å²) in [6.07, 6.45) is -0.506. The summed E-state index contributed by atoms with van der Waals surface area (Å²) < 4.78 is 47.8. The van der Waals surface area contributed by atoms with Crippen molar-refractivity contribution in [3.05, 3.63) is 84.7 Å². The predicted octanol–water partition coefficient (Wildman–Crippen LogP) is 6.17. The first-order chi connectivity index (χ1) is 18.9. The first-order valence-electron chi connectivity index (χ1n) is 11.9. The van der Waals surface area contributed by atoms with Crippen molar-refractivity contribution in [2.75, 3.05) is 24.3 Å². The summed E-state index contributed by atoms with van der Waals surface area (Å²) in [5.74, 6) is 1.94. The lowest BCUT2D eigenvalue weighted by Gasteiger charge is -2.29. The van der Waals surface area contributed by atoms with E-state index in [1.54, 1.807) is 25.1 Å². The van der Waals surface area contributed by atoms with Gasteiger partial charge in [-0.2, -0.15) is 5.10 Å². The minimum Gasteiger partial charge on any atom is -0.497 e. The van der Waals surface area contributed by atoms with E-state index in [4.69, 9.17) is 4.74 Å². The highest BCUT2D eigenvalue weighted by Gasteiger charge is 2.31. The van der Waals surface area contributed by atoms with Crippen molar-refractivity contribution in [3.8, 4) is 28.6 Å². The number of halogens is 3. The average molecular weight is 553 g/mol. The molecule has 1 aromatic heterocycles. The summed E-state index contributed by atoms with van der Waals surface area (Å²) in [6, 6.07) is 20.8. The van der Waals surface area contributed by atoms with Crippen molar-refractivity contribution in [2.45, 2.75) is 12.8 Å². The fraction of sp³-hybridized carbons (Fsp3) is 0.185. The van der Waals surface area contributed by atoms with E-state index in [-0.39, 0.29) is 5.75 Å². The maximum atomic E-state index is 12.4. The minimum atomic E-state index is -4.74. The third-order valence-electron chi connectivity index (χ3n) is 5.70. The van der Waals surface area contributed by atoms with Crippen LogP contribution in [-0.4, -0.2) is 51.9 Å². The highest BCUT2D eigenvalue weighted by molar-refractivity contribution is 8.14. The molecule has 0 N–H and O–H groups in total. The van der Waals surface area contributed by atoms with Crippen molar-refractivity contribution in [1.82, 2.24) is 14.8 Å². The molecule has 3 aromatic carbocycles. The first-order valence-corrected chi connectivity index (χ1v) is 12.9. The van der Waals surface area contributed by atoms with Crippen LogP contribution in [0.2, 0.25) is 0 Å². The van der Waals surface area contributed by atoms with Crippen LogP contribution in [0.1, 0.15) is 12.0 Å². The summed E-state index contributed by atoms with van der Waals surface area (Å²) in [5, 5.41) is 14.0. The standard InChI is InChI=1S/C27H23F3N6O2S/c1-37-24-5-2-4-22(16-24)35-14-3-15-39-26(35)33-32-17-19-6-8-20(9-7-19)25-31-18-36(34-25)21-10-12-23(13-11-21)38-27(28,29)30/h2,4-13,16-18H,3,14-15H2,1H3/b32-17+,33-26-. The fourth-order valence-electron chi connectivity index (χ4n) is 3.84. The van der Waals surface area contributed by atoms with Gasteiger partial charge in [-0.1, -0.05) is 42.1 Å². The molecule has 4 aromatic rings. The molecule has 0 spiro atoms. The van der Waals surface area contributed by atoms with Gasteiger partial charge in [-0.3, -0.25) is 0 Å². The van der Waals surface area contributed by atoms with Crippen LogP contribution in [0, 0.1) is 0 Å². The summed E-state index contributed by atoms with van der Waals surface area (Å²) in [6.45, 7) is 0.856. The number of alkyl halides is 3. The van der Waals surface area contributed by atoms with Crippen molar-refractivity contribution >= 4 is 28.8 Å². The molecule has 8 nitrogen and oxygen atoms in total. The Morgan fingerprint density at radius 1 is 0.974 bits per heavy atom. The number of anilines is 1. The Kier molecular flexibility index (Phi) is 7.82. The number of rotatable bonds is 7. The van der Waals surface area contributed by atoms with Crippen molar-refractivity contribution in [2.24, 2.45) is 10.2 Å². The van der Waals surface area contributed by atoms with Gasteiger partial charge in [0.2, 0.25) is 0 Å². The highest BCUT2D eigenvalue weighted by Crippen LogP contribution is 2.28. The summed E-state index contributed by atoms with van der Waals surface area (Å²) >= 11 is 1.66. The van der Waals surface area contributed by atoms with Crippen molar-refractivity contribution in [1.29, 1.82) is 0 Å². The number of ether oxygens (including phenoxy) is 2. The molecule has 0 atom stereocenters. The second-order valence-corrected chi connectivity index (χ2v) is 9.42. The number of hydrogen-bond acceptors (Lipinski definition) is 7. The molecule has 0 amide bonds. The molecule has 5 rings (SSSR count). The predicted molar refractivity (Wildman–Crippen MR) is 146 cm³/mol. The van der Waals surface area contributed by atoms with Crippen LogP contribution < -0.4 is 14.4 Å². The SMILES string of the molecule is COc1cccc(N2CCCS/C2=N\N=C\c2ccc(-c3ncn(-c4ccc(OC(F)(F)F)cc4)n3)cc2)c1. The van der Waals surface area contributed by atoms with Crippen LogP contribution in [-0.2, 0) is 0 Å². The number of benzene rings is 3. The summed E-state index contributed by atoms with van der Waals surface area (Å²) in [5.41, 5.74) is 3.20. The summed E-state index contributed by atoms with van der Waals surface area (Å²) in [7, 11) is 1.65. The number of methoxy groups -OCH3 is 1. The maximum Gasteiger partial charge on any atom is 0.573 e. The van der Waals surface area contributed by atoms with Crippen LogP contribution in [0.5, 0.6) is 11.5 Å². The lowest BCUT2D eigenvalue weighted by Crippen LogP contribution is -2.33. The number of nitrogens with zero attached hydrogens (tertiary/aromatic N) is 6. The van der Waals surface area contributed by atoms with Crippen LogP contribution in [0.15, 0.2) is 89.3 Å². The monoisotopic (exact) mass is 552 g/mol. The Morgan fingerprint density at radius 3 is 2.51 bits per heavy atom. The van der Waals surface area contributed by atoms with Gasteiger partial charge < -0.3 is 14.4 Å². The second-order valence-electron chi connectivity index (χ2n) is 8.36. The largest absolute Gasteiger partial charge is 0.573 e. The van der Waals surface area contributed by atoms with Gasteiger partial charge in [-0.15, -0.1) is 23.4 Å². The maximum absolute atomic E-state index is 12.4. The third kappa shape index (κ3) is 6.77. The molecule has 0 radical (unpaired) electrons. The normalized spacial score (nSPS) is 15.2. The van der Waals surface area contributed by atoms with Gasteiger partial charge in [0.15, 0.2) is 11.0 Å². The third-order valence-corrected chi connectivity index (χ3v) is 6.75. The van der Waals surface area contributed by atoms with E-state index in [1.165, 1.54) is 35.3 Å². The Balaban J connectivity index is 1.25. The molecule has 1 fully saturated rings. The Labute approximate surface area is 226 Å². The van der Waals surface area contributed by atoms with Crippen molar-refractivity contribution < 1.29 is 22.6 Å². The van der Waals surface area contributed by atoms with Crippen LogP contribution >= 0.6 is 11.8 Å². The molecule has 200 valence electrons. The van der Waals surface area contributed by atoms with E-state index in [0.29, 0.717) is 11.5 Å². The zero-order valence-electron chi connectivity index (χ0n) is 20.7. The molecule has 12 heteroatoms. The van der Waals surface area contributed by atoms with E-state index >= 15 is 0 Å². The van der Waals surface area contributed by atoms with Crippen molar-refractivity contribution in [3.63, 3.8) is 0 Å². The molecule has 2 heterocycles. The molecule has 0 unspecified atom stereocenters.